The zero-order chi connectivity index (χ0) is 13.5. The van der Waals surface area contributed by atoms with Crippen LogP contribution in [-0.4, -0.2) is 20.1 Å². The molecule has 0 saturated carbocycles. The van der Waals surface area contributed by atoms with Crippen molar-refractivity contribution in [2.24, 2.45) is 5.92 Å². The lowest BCUT2D eigenvalue weighted by Crippen LogP contribution is -2.23. The molecule has 1 aromatic carbocycles. The van der Waals surface area contributed by atoms with E-state index in [-0.39, 0.29) is 0 Å². The van der Waals surface area contributed by atoms with Crippen molar-refractivity contribution in [1.29, 1.82) is 0 Å². The van der Waals surface area contributed by atoms with Crippen molar-refractivity contribution in [2.75, 3.05) is 25.0 Å². The number of benzene rings is 1. The first-order chi connectivity index (χ1) is 8.54. The largest absolute Gasteiger partial charge is 0.374 e. The summed E-state index contributed by atoms with van der Waals surface area (Å²) in [5, 5.41) is 3.52. The van der Waals surface area contributed by atoms with Crippen molar-refractivity contribution in [3.8, 4) is 0 Å². The normalized spacial score (nSPS) is 11.0. The average molecular weight is 313 g/mol. The van der Waals surface area contributed by atoms with Crippen LogP contribution in [0.2, 0.25) is 0 Å². The van der Waals surface area contributed by atoms with Gasteiger partial charge in [0.05, 0.1) is 0 Å². The minimum Gasteiger partial charge on any atom is -0.374 e. The second kappa shape index (κ2) is 7.80. The van der Waals surface area contributed by atoms with E-state index in [1.54, 1.807) is 0 Å². The fourth-order valence-electron chi connectivity index (χ4n) is 2.02. The van der Waals surface area contributed by atoms with Gasteiger partial charge in [-0.1, -0.05) is 36.7 Å². The maximum Gasteiger partial charge on any atom is 0.0410 e. The van der Waals surface area contributed by atoms with Crippen molar-refractivity contribution in [3.63, 3.8) is 0 Å². The Morgan fingerprint density at radius 3 is 2.67 bits per heavy atom. The molecule has 0 unspecified atom stereocenters. The highest BCUT2D eigenvalue weighted by Gasteiger charge is 2.07. The molecule has 1 N–H and O–H groups in total. The monoisotopic (exact) mass is 312 g/mol. The predicted molar refractivity (Wildman–Crippen MR) is 84.2 cm³/mol. The quantitative estimate of drug-likeness (QED) is 0.817. The highest BCUT2D eigenvalue weighted by Crippen LogP contribution is 2.24. The molecule has 0 amide bonds. The first-order valence-corrected chi connectivity index (χ1v) is 7.54. The molecule has 0 radical (unpaired) electrons. The minimum atomic E-state index is 0.689. The maximum atomic E-state index is 3.56. The molecule has 0 spiro atoms. The van der Waals surface area contributed by atoms with Crippen LogP contribution in [0, 0.1) is 5.92 Å². The van der Waals surface area contributed by atoms with Gasteiger partial charge in [0.1, 0.15) is 0 Å². The van der Waals surface area contributed by atoms with Gasteiger partial charge in [-0.25, -0.2) is 0 Å². The van der Waals surface area contributed by atoms with Crippen molar-refractivity contribution < 1.29 is 0 Å². The highest BCUT2D eigenvalue weighted by molar-refractivity contribution is 9.10. The van der Waals surface area contributed by atoms with Crippen molar-refractivity contribution in [2.45, 2.75) is 33.7 Å². The Balaban J connectivity index is 2.76. The lowest BCUT2D eigenvalue weighted by Gasteiger charge is -2.22. The third kappa shape index (κ3) is 4.99. The lowest BCUT2D eigenvalue weighted by atomic mass is 10.1. The Morgan fingerprint density at radius 2 is 2.06 bits per heavy atom. The van der Waals surface area contributed by atoms with E-state index in [9.17, 15) is 0 Å². The molecule has 0 atom stereocenters. The lowest BCUT2D eigenvalue weighted by molar-refractivity contribution is 0.552. The SMILES string of the molecule is CCCN(C)c1ccc(Br)cc1CNCC(C)C. The van der Waals surface area contributed by atoms with Crippen LogP contribution >= 0.6 is 15.9 Å². The molecule has 0 aromatic heterocycles. The molecule has 1 aromatic rings. The summed E-state index contributed by atoms with van der Waals surface area (Å²) in [7, 11) is 2.17. The molecular weight excluding hydrogens is 288 g/mol. The van der Waals surface area contributed by atoms with Crippen LogP contribution in [0.1, 0.15) is 32.8 Å². The molecule has 0 aliphatic carbocycles. The molecule has 0 bridgehead atoms. The van der Waals surface area contributed by atoms with Gasteiger partial charge in [0, 0.05) is 30.3 Å². The van der Waals surface area contributed by atoms with Crippen molar-refractivity contribution >= 4 is 21.6 Å². The van der Waals surface area contributed by atoms with Gasteiger partial charge >= 0.3 is 0 Å². The molecule has 0 aliphatic rings. The van der Waals surface area contributed by atoms with Crippen LogP contribution in [0.4, 0.5) is 5.69 Å². The number of hydrogen-bond acceptors (Lipinski definition) is 2. The Morgan fingerprint density at radius 1 is 1.33 bits per heavy atom. The fraction of sp³-hybridized carbons (Fsp3) is 0.600. The summed E-state index contributed by atoms with van der Waals surface area (Å²) in [5.74, 6) is 0.689. The van der Waals surface area contributed by atoms with Crippen LogP contribution in [0.3, 0.4) is 0 Å². The third-order valence-corrected chi connectivity index (χ3v) is 3.37. The zero-order valence-electron chi connectivity index (χ0n) is 12.0. The van der Waals surface area contributed by atoms with Crippen LogP contribution in [0.5, 0.6) is 0 Å². The van der Waals surface area contributed by atoms with E-state index in [2.05, 4.69) is 72.2 Å². The van der Waals surface area contributed by atoms with E-state index in [4.69, 9.17) is 0 Å². The maximum absolute atomic E-state index is 3.56. The van der Waals surface area contributed by atoms with Crippen LogP contribution in [0.25, 0.3) is 0 Å². The predicted octanol–water partition coefficient (Wildman–Crippen LogP) is 4.04. The number of hydrogen-bond donors (Lipinski definition) is 1. The summed E-state index contributed by atoms with van der Waals surface area (Å²) < 4.78 is 1.15. The van der Waals surface area contributed by atoms with E-state index in [1.807, 2.05) is 0 Å². The van der Waals surface area contributed by atoms with E-state index in [0.29, 0.717) is 5.92 Å². The summed E-state index contributed by atoms with van der Waals surface area (Å²) in [6.07, 6.45) is 1.17. The van der Waals surface area contributed by atoms with Gasteiger partial charge in [0.25, 0.3) is 0 Å². The Kier molecular flexibility index (Phi) is 6.72. The van der Waals surface area contributed by atoms with Gasteiger partial charge in [0.2, 0.25) is 0 Å². The van der Waals surface area contributed by atoms with Crippen LogP contribution < -0.4 is 10.2 Å². The number of anilines is 1. The molecule has 2 nitrogen and oxygen atoms in total. The highest BCUT2D eigenvalue weighted by atomic mass is 79.9. The van der Waals surface area contributed by atoms with Gasteiger partial charge in [-0.2, -0.15) is 0 Å². The minimum absolute atomic E-state index is 0.689. The van der Waals surface area contributed by atoms with Crippen molar-refractivity contribution in [3.05, 3.63) is 28.2 Å². The second-order valence-electron chi connectivity index (χ2n) is 5.22. The Hall–Kier alpha value is -0.540. The molecular formula is C15H25BrN2. The fourth-order valence-corrected chi connectivity index (χ4v) is 2.43. The van der Waals surface area contributed by atoms with E-state index < -0.39 is 0 Å². The summed E-state index contributed by atoms with van der Waals surface area (Å²) in [4.78, 5) is 2.33. The third-order valence-electron chi connectivity index (χ3n) is 2.88. The molecule has 0 fully saturated rings. The summed E-state index contributed by atoms with van der Waals surface area (Å²) in [6.45, 7) is 9.77. The summed E-state index contributed by atoms with van der Waals surface area (Å²) in [5.41, 5.74) is 2.69. The molecule has 3 heteroatoms. The topological polar surface area (TPSA) is 15.3 Å². The number of rotatable bonds is 7. The van der Waals surface area contributed by atoms with Gasteiger partial charge in [-0.05, 0) is 42.6 Å². The second-order valence-corrected chi connectivity index (χ2v) is 6.14. The van der Waals surface area contributed by atoms with Crippen molar-refractivity contribution in [1.82, 2.24) is 5.32 Å². The molecule has 0 heterocycles. The standard InChI is InChI=1S/C15H25BrN2/c1-5-8-18(4)15-7-6-14(16)9-13(15)11-17-10-12(2)3/h6-7,9,12,17H,5,8,10-11H2,1-4H3. The number of halogens is 1. The smallest absolute Gasteiger partial charge is 0.0410 e. The average Bonchev–Trinajstić information content (AvgIpc) is 2.29. The number of nitrogens with one attached hydrogen (secondary N) is 1. The molecule has 0 saturated heterocycles. The van der Waals surface area contributed by atoms with E-state index in [0.717, 1.165) is 24.1 Å². The van der Waals surface area contributed by atoms with Gasteiger partial charge in [-0.15, -0.1) is 0 Å². The first kappa shape index (κ1) is 15.5. The Bertz CT molecular complexity index is 364. The van der Waals surface area contributed by atoms with Crippen LogP contribution in [-0.2, 0) is 6.54 Å². The summed E-state index contributed by atoms with van der Waals surface area (Å²) in [6, 6.07) is 6.54. The molecule has 0 aliphatic heterocycles. The molecule has 1 rings (SSSR count). The molecule has 18 heavy (non-hydrogen) atoms. The van der Waals surface area contributed by atoms with E-state index in [1.165, 1.54) is 17.7 Å². The molecule has 102 valence electrons. The zero-order valence-corrected chi connectivity index (χ0v) is 13.5. The van der Waals surface area contributed by atoms with Gasteiger partial charge in [-0.3, -0.25) is 0 Å². The Labute approximate surface area is 120 Å². The number of nitrogens with zero attached hydrogens (tertiary/aromatic N) is 1. The van der Waals surface area contributed by atoms with Gasteiger partial charge in [0.15, 0.2) is 0 Å². The summed E-state index contributed by atoms with van der Waals surface area (Å²) >= 11 is 3.56. The van der Waals surface area contributed by atoms with Gasteiger partial charge < -0.3 is 10.2 Å². The first-order valence-electron chi connectivity index (χ1n) is 6.74. The van der Waals surface area contributed by atoms with E-state index >= 15 is 0 Å². The van der Waals surface area contributed by atoms with Crippen LogP contribution in [0.15, 0.2) is 22.7 Å².